The Morgan fingerprint density at radius 1 is 1.38 bits per heavy atom. The van der Waals surface area contributed by atoms with Crippen LogP contribution in [0.2, 0.25) is 0 Å². The summed E-state index contributed by atoms with van der Waals surface area (Å²) in [4.78, 5) is 2.02. The van der Waals surface area contributed by atoms with Gasteiger partial charge in [0.1, 0.15) is 0 Å². The summed E-state index contributed by atoms with van der Waals surface area (Å²) in [5.74, 6) is 0. The van der Waals surface area contributed by atoms with Crippen molar-refractivity contribution in [3.8, 4) is 0 Å². The number of nitrogens with zero attached hydrogens (tertiary/aromatic N) is 1. The molecule has 0 amide bonds. The maximum absolute atomic E-state index is 9.39. The summed E-state index contributed by atoms with van der Waals surface area (Å²) < 4.78 is 0.953. The van der Waals surface area contributed by atoms with Crippen molar-refractivity contribution in [2.75, 3.05) is 19.0 Å². The highest BCUT2D eigenvalue weighted by Gasteiger charge is 2.06. The molecule has 72 valence electrons. The molecule has 0 heterocycles. The van der Waals surface area contributed by atoms with Gasteiger partial charge in [0, 0.05) is 24.3 Å². The molecule has 1 aromatic rings. The van der Waals surface area contributed by atoms with Crippen molar-refractivity contribution >= 4 is 21.6 Å². The number of benzene rings is 1. The van der Waals surface area contributed by atoms with Crippen molar-refractivity contribution in [1.82, 2.24) is 0 Å². The molecule has 13 heavy (non-hydrogen) atoms. The topological polar surface area (TPSA) is 23.5 Å². The second-order valence-electron chi connectivity index (χ2n) is 3.28. The molecule has 1 atom stereocenters. The van der Waals surface area contributed by atoms with Crippen LogP contribution < -0.4 is 4.90 Å². The van der Waals surface area contributed by atoms with Gasteiger partial charge in [-0.15, -0.1) is 0 Å². The molecule has 0 bridgehead atoms. The first-order valence-electron chi connectivity index (χ1n) is 4.17. The van der Waals surface area contributed by atoms with Crippen molar-refractivity contribution in [3.05, 3.63) is 28.2 Å². The van der Waals surface area contributed by atoms with E-state index in [0.717, 1.165) is 15.7 Å². The van der Waals surface area contributed by atoms with Gasteiger partial charge in [-0.25, -0.2) is 0 Å². The van der Waals surface area contributed by atoms with E-state index in [2.05, 4.69) is 15.9 Å². The van der Waals surface area contributed by atoms with Gasteiger partial charge < -0.3 is 10.0 Å². The maximum Gasteiger partial charge on any atom is 0.0772 e. The Morgan fingerprint density at radius 3 is 2.38 bits per heavy atom. The zero-order valence-corrected chi connectivity index (χ0v) is 9.67. The van der Waals surface area contributed by atoms with Crippen LogP contribution in [0, 0.1) is 0 Å². The van der Waals surface area contributed by atoms with Crippen molar-refractivity contribution in [1.29, 1.82) is 0 Å². The summed E-state index contributed by atoms with van der Waals surface area (Å²) in [6.45, 7) is 1.76. The molecule has 1 rings (SSSR count). The van der Waals surface area contributed by atoms with Crippen LogP contribution in [0.4, 0.5) is 5.69 Å². The van der Waals surface area contributed by atoms with Crippen LogP contribution >= 0.6 is 15.9 Å². The number of aliphatic hydroxyl groups is 1. The molecule has 3 heteroatoms. The number of rotatable bonds is 2. The normalized spacial score (nSPS) is 12.7. The van der Waals surface area contributed by atoms with E-state index in [0.29, 0.717) is 0 Å². The molecule has 0 fully saturated rings. The molecule has 1 N–H and O–H groups in total. The molecule has 0 aliphatic heterocycles. The molecular formula is C10H14BrNO. The van der Waals surface area contributed by atoms with E-state index >= 15 is 0 Å². The average Bonchev–Trinajstić information content (AvgIpc) is 2.03. The first-order valence-corrected chi connectivity index (χ1v) is 4.96. The van der Waals surface area contributed by atoms with E-state index in [-0.39, 0.29) is 0 Å². The highest BCUT2D eigenvalue weighted by Crippen LogP contribution is 2.27. The van der Waals surface area contributed by atoms with Gasteiger partial charge in [-0.2, -0.15) is 0 Å². The van der Waals surface area contributed by atoms with Crippen LogP contribution in [-0.2, 0) is 0 Å². The molecule has 0 aliphatic carbocycles. The van der Waals surface area contributed by atoms with Crippen LogP contribution in [0.5, 0.6) is 0 Å². The lowest BCUT2D eigenvalue weighted by Gasteiger charge is -2.15. The Bertz CT molecular complexity index is 297. The van der Waals surface area contributed by atoms with Gasteiger partial charge in [-0.1, -0.05) is 22.0 Å². The van der Waals surface area contributed by atoms with E-state index in [9.17, 15) is 5.11 Å². The molecule has 0 unspecified atom stereocenters. The Hall–Kier alpha value is -0.540. The monoisotopic (exact) mass is 243 g/mol. The van der Waals surface area contributed by atoms with Gasteiger partial charge in [0.2, 0.25) is 0 Å². The molecule has 0 saturated carbocycles. The highest BCUT2D eigenvalue weighted by atomic mass is 79.9. The predicted molar refractivity (Wildman–Crippen MR) is 59.1 cm³/mol. The van der Waals surface area contributed by atoms with Crippen LogP contribution in [0.3, 0.4) is 0 Å². The molecular weight excluding hydrogens is 230 g/mol. The number of anilines is 1. The van der Waals surface area contributed by atoms with Crippen molar-refractivity contribution < 1.29 is 5.11 Å². The Kier molecular flexibility index (Phi) is 3.33. The van der Waals surface area contributed by atoms with Crippen molar-refractivity contribution in [3.63, 3.8) is 0 Å². The summed E-state index contributed by atoms with van der Waals surface area (Å²) in [6.07, 6.45) is -0.425. The van der Waals surface area contributed by atoms with Crippen LogP contribution in [0.15, 0.2) is 22.7 Å². The lowest BCUT2D eigenvalue weighted by atomic mass is 10.1. The number of hydrogen-bond acceptors (Lipinski definition) is 2. The minimum absolute atomic E-state index is 0.425. The number of hydrogen-bond donors (Lipinski definition) is 1. The fourth-order valence-electron chi connectivity index (χ4n) is 1.13. The van der Waals surface area contributed by atoms with Gasteiger partial charge in [0.15, 0.2) is 0 Å². The fraction of sp³-hybridized carbons (Fsp3) is 0.400. The van der Waals surface area contributed by atoms with Gasteiger partial charge in [0.05, 0.1) is 6.10 Å². The standard InChI is InChI=1S/C10H14BrNO/c1-7(13)9-5-4-8(12(2)3)6-10(9)11/h4-7,13H,1-3H3/t7-/m1/s1. The third kappa shape index (κ3) is 2.45. The second kappa shape index (κ2) is 4.11. The molecule has 0 saturated heterocycles. The third-order valence-corrected chi connectivity index (χ3v) is 2.64. The SMILES string of the molecule is C[C@@H](O)c1ccc(N(C)C)cc1Br. The predicted octanol–water partition coefficient (Wildman–Crippen LogP) is 2.57. The zero-order chi connectivity index (χ0) is 10.0. The first kappa shape index (κ1) is 10.5. The van der Waals surface area contributed by atoms with E-state index in [1.165, 1.54) is 0 Å². The minimum atomic E-state index is -0.425. The molecule has 0 radical (unpaired) electrons. The van der Waals surface area contributed by atoms with Crippen LogP contribution in [-0.4, -0.2) is 19.2 Å². The van der Waals surface area contributed by atoms with Gasteiger partial charge in [-0.05, 0) is 24.6 Å². The molecule has 0 aromatic heterocycles. The smallest absolute Gasteiger partial charge is 0.0772 e. The Balaban J connectivity index is 3.06. The van der Waals surface area contributed by atoms with Crippen LogP contribution in [0.25, 0.3) is 0 Å². The minimum Gasteiger partial charge on any atom is -0.389 e. The van der Waals surface area contributed by atoms with Gasteiger partial charge >= 0.3 is 0 Å². The van der Waals surface area contributed by atoms with Crippen molar-refractivity contribution in [2.45, 2.75) is 13.0 Å². The Morgan fingerprint density at radius 2 is 2.00 bits per heavy atom. The largest absolute Gasteiger partial charge is 0.389 e. The molecule has 0 spiro atoms. The molecule has 0 aliphatic rings. The van der Waals surface area contributed by atoms with E-state index in [1.807, 2.05) is 37.2 Å². The number of aliphatic hydroxyl groups excluding tert-OH is 1. The summed E-state index contributed by atoms with van der Waals surface area (Å²) in [7, 11) is 3.98. The number of halogens is 1. The quantitative estimate of drug-likeness (QED) is 0.864. The van der Waals surface area contributed by atoms with E-state index < -0.39 is 6.10 Å². The fourth-order valence-corrected chi connectivity index (χ4v) is 1.83. The summed E-state index contributed by atoms with van der Waals surface area (Å²) >= 11 is 3.43. The average molecular weight is 244 g/mol. The first-order chi connectivity index (χ1) is 6.02. The van der Waals surface area contributed by atoms with Gasteiger partial charge in [-0.3, -0.25) is 0 Å². The zero-order valence-electron chi connectivity index (χ0n) is 8.08. The van der Waals surface area contributed by atoms with E-state index in [4.69, 9.17) is 0 Å². The summed E-state index contributed by atoms with van der Waals surface area (Å²) in [6, 6.07) is 5.93. The maximum atomic E-state index is 9.39. The van der Waals surface area contributed by atoms with Gasteiger partial charge in [0.25, 0.3) is 0 Å². The van der Waals surface area contributed by atoms with Crippen molar-refractivity contribution in [2.24, 2.45) is 0 Å². The Labute approximate surface area is 87.3 Å². The van der Waals surface area contributed by atoms with Crippen LogP contribution in [0.1, 0.15) is 18.6 Å². The molecule has 1 aromatic carbocycles. The second-order valence-corrected chi connectivity index (χ2v) is 4.13. The van der Waals surface area contributed by atoms with E-state index in [1.54, 1.807) is 6.92 Å². The lowest BCUT2D eigenvalue weighted by Crippen LogP contribution is -2.08. The summed E-state index contributed by atoms with van der Waals surface area (Å²) in [5.41, 5.74) is 2.04. The molecule has 2 nitrogen and oxygen atoms in total. The lowest BCUT2D eigenvalue weighted by molar-refractivity contribution is 0.198. The summed E-state index contributed by atoms with van der Waals surface area (Å²) in [5, 5.41) is 9.39. The highest BCUT2D eigenvalue weighted by molar-refractivity contribution is 9.10. The third-order valence-electron chi connectivity index (χ3n) is 1.95.